The summed E-state index contributed by atoms with van der Waals surface area (Å²) in [6.45, 7) is 9.74. The van der Waals surface area contributed by atoms with Gasteiger partial charge >= 0.3 is 6.09 Å². The van der Waals surface area contributed by atoms with Crippen LogP contribution in [0.3, 0.4) is 0 Å². The standard InChI is InChI=1S/C41H54N4O9/c1-24-19-30-35(44-40(50)29-15-13-28(14-16-29)23-45-17-8-7-9-18-45)32(46)22-31(37(30)48)43-39(49)25(2)11-10-12-33(52-5)38(54-41(42)51)27(4)21-26(3)36(47)34(20-24)53-6/h10-16,21-22,24,26,33-34,36,38,47H,7-9,17-20,23H2,1-6H3,(H2,42,51)(H,43,49)(H,44,50)/b12-10-,25-11-,27-21-/t24-,26+,33-,34-,36+,38-/m1/s1. The van der Waals surface area contributed by atoms with Crippen LogP contribution in [0.5, 0.6) is 0 Å². The molecule has 2 heterocycles. The van der Waals surface area contributed by atoms with Crippen LogP contribution in [0.2, 0.25) is 0 Å². The number of nitrogens with two attached hydrogens (primary N) is 1. The number of aliphatic hydroxyl groups excluding tert-OH is 1. The van der Waals surface area contributed by atoms with Crippen molar-refractivity contribution in [1.82, 2.24) is 15.5 Å². The number of primary amides is 1. The first-order valence-electron chi connectivity index (χ1n) is 18.4. The number of ketones is 2. The highest BCUT2D eigenvalue weighted by molar-refractivity contribution is 6.24. The zero-order chi connectivity index (χ0) is 39.5. The summed E-state index contributed by atoms with van der Waals surface area (Å²) in [5, 5.41) is 16.7. The van der Waals surface area contributed by atoms with Gasteiger partial charge in [-0.25, -0.2) is 4.79 Å². The van der Waals surface area contributed by atoms with Crippen molar-refractivity contribution in [3.63, 3.8) is 0 Å². The molecule has 0 unspecified atom stereocenters. The lowest BCUT2D eigenvalue weighted by Crippen LogP contribution is -2.38. The molecular formula is C41H54N4O9. The predicted octanol–water partition coefficient (Wildman–Crippen LogP) is 4.18. The second kappa shape index (κ2) is 19.6. The summed E-state index contributed by atoms with van der Waals surface area (Å²) in [4.78, 5) is 68.7. The number of amides is 3. The molecular weight excluding hydrogens is 692 g/mol. The van der Waals surface area contributed by atoms with Crippen LogP contribution in [0.4, 0.5) is 4.79 Å². The van der Waals surface area contributed by atoms with Crippen molar-refractivity contribution >= 4 is 29.5 Å². The maximum Gasteiger partial charge on any atom is 0.405 e. The van der Waals surface area contributed by atoms with Crippen molar-refractivity contribution < 1.29 is 43.3 Å². The quantitative estimate of drug-likeness (QED) is 0.233. The SMILES string of the molecule is CO[C@@H]1/C=C\C=C(\C)C(=O)NC2=CC(=O)C(NC(=O)c3ccc(CN4CCCCC4)cc3)=C(C[C@@H](C)C[C@@H](OC)[C@@H](O)[C@@H](C)/C=C(/C)[C@H]1OC(N)=O)C2=O. The van der Waals surface area contributed by atoms with Crippen molar-refractivity contribution in [2.24, 2.45) is 17.6 Å². The fourth-order valence-corrected chi connectivity index (χ4v) is 7.04. The van der Waals surface area contributed by atoms with E-state index < -0.39 is 59.8 Å². The van der Waals surface area contributed by atoms with Crippen LogP contribution in [0.15, 0.2) is 82.8 Å². The average Bonchev–Trinajstić information content (AvgIpc) is 3.14. The summed E-state index contributed by atoms with van der Waals surface area (Å²) in [7, 11) is 2.89. The molecule has 1 aromatic rings. The van der Waals surface area contributed by atoms with Gasteiger partial charge in [-0.3, -0.25) is 24.1 Å². The Hall–Kier alpha value is -4.69. The number of rotatable bonds is 7. The van der Waals surface area contributed by atoms with E-state index in [0.717, 1.165) is 31.3 Å². The third-order valence-corrected chi connectivity index (χ3v) is 10.1. The molecule has 6 atom stereocenters. The number of nitrogens with one attached hydrogen (secondary N) is 2. The number of likely N-dealkylation sites (tertiary alicyclic amines) is 1. The Morgan fingerprint density at radius 2 is 1.70 bits per heavy atom. The van der Waals surface area contributed by atoms with Gasteiger partial charge in [0.15, 0.2) is 6.10 Å². The van der Waals surface area contributed by atoms with E-state index in [1.54, 1.807) is 38.1 Å². The molecule has 3 aliphatic rings. The number of carbonyl (C=O) groups is 5. The molecule has 2 aliphatic heterocycles. The Morgan fingerprint density at radius 3 is 2.33 bits per heavy atom. The van der Waals surface area contributed by atoms with Gasteiger partial charge in [0.2, 0.25) is 11.6 Å². The molecule has 13 nitrogen and oxygen atoms in total. The van der Waals surface area contributed by atoms with E-state index in [2.05, 4.69) is 15.5 Å². The minimum absolute atomic E-state index is 0.0274. The second-order valence-electron chi connectivity index (χ2n) is 14.4. The summed E-state index contributed by atoms with van der Waals surface area (Å²) in [5.74, 6) is -3.29. The maximum atomic E-state index is 14.0. The zero-order valence-electron chi connectivity index (χ0n) is 32.1. The number of benzene rings is 1. The third-order valence-electron chi connectivity index (χ3n) is 10.1. The van der Waals surface area contributed by atoms with Crippen molar-refractivity contribution in [1.29, 1.82) is 0 Å². The summed E-state index contributed by atoms with van der Waals surface area (Å²) < 4.78 is 16.7. The van der Waals surface area contributed by atoms with Crippen LogP contribution in [-0.4, -0.2) is 91.2 Å². The van der Waals surface area contributed by atoms with Gasteiger partial charge in [-0.2, -0.15) is 0 Å². The zero-order valence-corrected chi connectivity index (χ0v) is 32.1. The van der Waals surface area contributed by atoms with Gasteiger partial charge < -0.3 is 35.7 Å². The minimum atomic E-state index is -1.03. The van der Waals surface area contributed by atoms with Gasteiger partial charge in [-0.1, -0.05) is 56.7 Å². The van der Waals surface area contributed by atoms with E-state index in [1.807, 2.05) is 19.1 Å². The van der Waals surface area contributed by atoms with Crippen molar-refractivity contribution in [3.05, 3.63) is 93.9 Å². The van der Waals surface area contributed by atoms with Crippen molar-refractivity contribution in [3.8, 4) is 0 Å². The molecule has 54 heavy (non-hydrogen) atoms. The van der Waals surface area contributed by atoms with Crippen molar-refractivity contribution in [2.75, 3.05) is 27.3 Å². The Kier molecular flexibility index (Phi) is 15.3. The number of carbonyl (C=O) groups excluding carboxylic acids is 5. The first-order valence-corrected chi connectivity index (χ1v) is 18.4. The highest BCUT2D eigenvalue weighted by atomic mass is 16.6. The fourth-order valence-electron chi connectivity index (χ4n) is 7.04. The van der Waals surface area contributed by atoms with E-state index >= 15 is 0 Å². The monoisotopic (exact) mass is 746 g/mol. The van der Waals surface area contributed by atoms with E-state index in [-0.39, 0.29) is 41.3 Å². The van der Waals surface area contributed by atoms with E-state index in [4.69, 9.17) is 19.9 Å². The number of methoxy groups -OCH3 is 2. The topological polar surface area (TPSA) is 187 Å². The molecule has 0 aromatic heterocycles. The largest absolute Gasteiger partial charge is 0.439 e. The maximum absolute atomic E-state index is 14.0. The fraction of sp³-hybridized carbons (Fsp3) is 0.488. The van der Waals surface area contributed by atoms with Gasteiger partial charge in [0.05, 0.1) is 23.6 Å². The Bertz CT molecular complexity index is 1720. The van der Waals surface area contributed by atoms with Crippen LogP contribution < -0.4 is 16.4 Å². The highest BCUT2D eigenvalue weighted by Gasteiger charge is 2.34. The third kappa shape index (κ3) is 11.2. The van der Waals surface area contributed by atoms with Crippen LogP contribution >= 0.6 is 0 Å². The lowest BCUT2D eigenvalue weighted by molar-refractivity contribution is -0.120. The minimum Gasteiger partial charge on any atom is -0.439 e. The van der Waals surface area contributed by atoms with Crippen LogP contribution in [0.1, 0.15) is 75.7 Å². The number of Topliss-reactive ketones (excluding diaryl/α,β-unsaturated/α-hetero) is 1. The molecule has 2 bridgehead atoms. The first kappa shape index (κ1) is 42.1. The lowest BCUT2D eigenvalue weighted by atomic mass is 9.85. The smallest absolute Gasteiger partial charge is 0.405 e. The Balaban J connectivity index is 1.67. The first-order chi connectivity index (χ1) is 25.7. The number of piperidine rings is 1. The number of fused-ring (bicyclic) bond motifs is 2. The Morgan fingerprint density at radius 1 is 1.02 bits per heavy atom. The molecule has 3 amide bonds. The van der Waals surface area contributed by atoms with Gasteiger partial charge in [0.25, 0.3) is 11.8 Å². The summed E-state index contributed by atoms with van der Waals surface area (Å²) in [6.07, 6.45) is 6.68. The van der Waals surface area contributed by atoms with Crippen LogP contribution in [-0.2, 0) is 35.1 Å². The molecule has 1 saturated heterocycles. The summed E-state index contributed by atoms with van der Waals surface area (Å²) >= 11 is 0. The molecule has 0 radical (unpaired) electrons. The molecule has 1 aliphatic carbocycles. The van der Waals surface area contributed by atoms with E-state index in [9.17, 15) is 29.1 Å². The number of hydrogen-bond donors (Lipinski definition) is 4. The van der Waals surface area contributed by atoms with Crippen LogP contribution in [0, 0.1) is 11.8 Å². The summed E-state index contributed by atoms with van der Waals surface area (Å²) in [5.41, 5.74) is 7.17. The number of hydrogen-bond acceptors (Lipinski definition) is 10. The number of allylic oxidation sites excluding steroid dienone is 4. The van der Waals surface area contributed by atoms with Gasteiger partial charge in [-0.15, -0.1) is 0 Å². The highest BCUT2D eigenvalue weighted by Crippen LogP contribution is 2.29. The number of aliphatic hydroxyl groups is 1. The van der Waals surface area contributed by atoms with E-state index in [0.29, 0.717) is 11.1 Å². The number of ether oxygens (including phenoxy) is 3. The molecule has 4 rings (SSSR count). The molecule has 13 heteroatoms. The van der Waals surface area contributed by atoms with Gasteiger partial charge in [-0.05, 0) is 81.8 Å². The molecule has 1 aromatic carbocycles. The van der Waals surface area contributed by atoms with Gasteiger partial charge in [0, 0.05) is 49.5 Å². The van der Waals surface area contributed by atoms with E-state index in [1.165, 1.54) is 52.6 Å². The predicted molar refractivity (Wildman–Crippen MR) is 203 cm³/mol. The lowest BCUT2D eigenvalue weighted by Gasteiger charge is -2.30. The van der Waals surface area contributed by atoms with Crippen molar-refractivity contribution in [2.45, 2.75) is 90.8 Å². The normalized spacial score (nSPS) is 29.2. The Labute approximate surface area is 317 Å². The molecule has 1 fully saturated rings. The van der Waals surface area contributed by atoms with Crippen LogP contribution in [0.25, 0.3) is 0 Å². The summed E-state index contributed by atoms with van der Waals surface area (Å²) in [6, 6.07) is 7.19. The average molecular weight is 747 g/mol. The van der Waals surface area contributed by atoms with Gasteiger partial charge in [0.1, 0.15) is 6.10 Å². The molecule has 292 valence electrons. The molecule has 5 N–H and O–H groups in total. The second-order valence-corrected chi connectivity index (χ2v) is 14.4. The molecule has 0 spiro atoms. The number of nitrogens with zero attached hydrogens (tertiary/aromatic N) is 1. The molecule has 0 saturated carbocycles.